The predicted molar refractivity (Wildman–Crippen MR) is 72.9 cm³/mol. The summed E-state index contributed by atoms with van der Waals surface area (Å²) >= 11 is 0. The van der Waals surface area contributed by atoms with Crippen LogP contribution in [0.1, 0.15) is 20.8 Å². The smallest absolute Gasteiger partial charge is 0.348 e. The molecule has 7 nitrogen and oxygen atoms in total. The first-order valence-corrected chi connectivity index (χ1v) is 5.84. The van der Waals surface area contributed by atoms with Crippen molar-refractivity contribution in [1.82, 2.24) is 4.90 Å². The molecule has 0 saturated heterocycles. The van der Waals surface area contributed by atoms with Gasteiger partial charge in [0.25, 0.3) is 0 Å². The molecule has 2 unspecified atom stereocenters. The zero-order chi connectivity index (χ0) is 15.7. The lowest BCUT2D eigenvalue weighted by atomic mass is 10.4. The molecule has 0 aliphatic heterocycles. The number of aliphatic imine (C=N–C) groups is 1. The van der Waals surface area contributed by atoms with Crippen molar-refractivity contribution in [3.8, 4) is 0 Å². The van der Waals surface area contributed by atoms with Gasteiger partial charge in [0, 0.05) is 18.4 Å². The lowest BCUT2D eigenvalue weighted by Crippen LogP contribution is -2.47. The van der Waals surface area contributed by atoms with E-state index in [0.29, 0.717) is 0 Å². The van der Waals surface area contributed by atoms with Crippen LogP contribution in [-0.2, 0) is 19.1 Å². The molecule has 2 atom stereocenters. The van der Waals surface area contributed by atoms with Gasteiger partial charge in [-0.05, 0) is 20.8 Å². The Bertz CT molecular complexity index is 402. The lowest BCUT2D eigenvalue weighted by Gasteiger charge is -2.31. The average molecular weight is 282 g/mol. The highest BCUT2D eigenvalue weighted by Gasteiger charge is 2.29. The quantitative estimate of drug-likeness (QED) is 0.320. The Morgan fingerprint density at radius 3 is 1.75 bits per heavy atom. The van der Waals surface area contributed by atoms with Gasteiger partial charge in [0.2, 0.25) is 0 Å². The van der Waals surface area contributed by atoms with Crippen LogP contribution in [0, 0.1) is 0 Å². The van der Waals surface area contributed by atoms with Crippen LogP contribution in [0.15, 0.2) is 30.3 Å². The molecule has 0 heterocycles. The first-order chi connectivity index (χ1) is 9.37. The van der Waals surface area contributed by atoms with Crippen molar-refractivity contribution in [2.75, 3.05) is 0 Å². The van der Waals surface area contributed by atoms with Crippen molar-refractivity contribution >= 4 is 24.2 Å². The Hall–Kier alpha value is -2.44. The second-order valence-corrected chi connectivity index (χ2v) is 3.56. The van der Waals surface area contributed by atoms with Gasteiger partial charge in [-0.15, -0.1) is 0 Å². The van der Waals surface area contributed by atoms with E-state index >= 15 is 0 Å². The van der Waals surface area contributed by atoms with Gasteiger partial charge in [0.15, 0.2) is 12.5 Å². The Kier molecular flexibility index (Phi) is 7.57. The van der Waals surface area contributed by atoms with Crippen molar-refractivity contribution in [3.63, 3.8) is 0 Å². The molecule has 2 amide bonds. The first-order valence-electron chi connectivity index (χ1n) is 5.84. The van der Waals surface area contributed by atoms with Crippen molar-refractivity contribution in [1.29, 1.82) is 0 Å². The SMILES string of the molecule is C=CC(=O)OC(C)N(C(=O)N=CC)C(C)OC(=O)C=C. The molecule has 0 spiro atoms. The zero-order valence-electron chi connectivity index (χ0n) is 11.7. The maximum atomic E-state index is 11.9. The number of rotatable bonds is 6. The van der Waals surface area contributed by atoms with E-state index in [-0.39, 0.29) is 0 Å². The second kappa shape index (κ2) is 8.63. The molecule has 0 saturated carbocycles. The van der Waals surface area contributed by atoms with Crippen molar-refractivity contribution in [3.05, 3.63) is 25.3 Å². The molecule has 7 heteroatoms. The summed E-state index contributed by atoms with van der Waals surface area (Å²) in [6.45, 7) is 11.0. The standard InChI is InChI=1S/C13H18N2O5/c1-6-11(16)19-9(4)15(13(18)14-8-3)10(5)20-12(17)7-2/h6-10H,1-2H2,3-5H3. The molecule has 0 radical (unpaired) electrons. The fraction of sp³-hybridized carbons (Fsp3) is 0.385. The highest BCUT2D eigenvalue weighted by molar-refractivity contribution is 5.85. The molecular formula is C13H18N2O5. The summed E-state index contributed by atoms with van der Waals surface area (Å²) in [6.07, 6.45) is 1.23. The van der Waals surface area contributed by atoms with Crippen LogP contribution in [0.4, 0.5) is 4.79 Å². The molecule has 0 aromatic carbocycles. The van der Waals surface area contributed by atoms with E-state index < -0.39 is 30.4 Å². The van der Waals surface area contributed by atoms with Crippen LogP contribution < -0.4 is 0 Å². The lowest BCUT2D eigenvalue weighted by molar-refractivity contribution is -0.165. The molecule has 0 aliphatic rings. The molecule has 0 aromatic rings. The largest absolute Gasteiger partial charge is 0.438 e. The minimum Gasteiger partial charge on any atom is -0.438 e. The summed E-state index contributed by atoms with van der Waals surface area (Å²) in [5, 5.41) is 0. The van der Waals surface area contributed by atoms with E-state index in [4.69, 9.17) is 9.47 Å². The van der Waals surface area contributed by atoms with E-state index in [1.165, 1.54) is 20.1 Å². The number of esters is 2. The van der Waals surface area contributed by atoms with Crippen molar-refractivity contribution in [2.24, 2.45) is 4.99 Å². The second-order valence-electron chi connectivity index (χ2n) is 3.56. The molecule has 110 valence electrons. The number of hydrogen-bond acceptors (Lipinski definition) is 5. The summed E-state index contributed by atoms with van der Waals surface area (Å²) in [6, 6.07) is -0.707. The molecular weight excluding hydrogens is 264 g/mol. The molecule has 0 rings (SSSR count). The van der Waals surface area contributed by atoms with Crippen LogP contribution in [0.3, 0.4) is 0 Å². The van der Waals surface area contributed by atoms with Gasteiger partial charge in [-0.2, -0.15) is 0 Å². The minimum atomic E-state index is -0.982. The molecule has 0 fully saturated rings. The number of nitrogens with zero attached hydrogens (tertiary/aromatic N) is 2. The molecule has 0 N–H and O–H groups in total. The Morgan fingerprint density at radius 1 is 1.05 bits per heavy atom. The van der Waals surface area contributed by atoms with Crippen molar-refractivity contribution in [2.45, 2.75) is 33.2 Å². The molecule has 0 bridgehead atoms. The topological polar surface area (TPSA) is 85.3 Å². The van der Waals surface area contributed by atoms with Gasteiger partial charge in [-0.3, -0.25) is 4.90 Å². The van der Waals surface area contributed by atoms with E-state index in [0.717, 1.165) is 17.1 Å². The minimum absolute atomic E-state index is 0.707. The van der Waals surface area contributed by atoms with Gasteiger partial charge in [0.1, 0.15) is 0 Å². The molecule has 0 aliphatic carbocycles. The maximum absolute atomic E-state index is 11.9. The zero-order valence-corrected chi connectivity index (χ0v) is 11.7. The number of urea groups is 1. The number of carbonyl (C=O) groups is 3. The van der Waals surface area contributed by atoms with Crippen LogP contribution in [0.25, 0.3) is 0 Å². The summed E-state index contributed by atoms with van der Waals surface area (Å²) in [5.41, 5.74) is 0. The average Bonchev–Trinajstić information content (AvgIpc) is 2.38. The normalized spacial score (nSPS) is 13.2. The van der Waals surface area contributed by atoms with Crippen LogP contribution in [0.2, 0.25) is 0 Å². The maximum Gasteiger partial charge on any atom is 0.348 e. The Morgan fingerprint density at radius 2 is 1.45 bits per heavy atom. The predicted octanol–water partition coefficient (Wildman–Crippen LogP) is 1.65. The Balaban J connectivity index is 5.10. The third kappa shape index (κ3) is 5.47. The monoisotopic (exact) mass is 282 g/mol. The summed E-state index contributed by atoms with van der Waals surface area (Å²) in [5.74, 6) is -1.42. The van der Waals surface area contributed by atoms with Gasteiger partial charge < -0.3 is 9.47 Å². The fourth-order valence-corrected chi connectivity index (χ4v) is 1.33. The van der Waals surface area contributed by atoms with Crippen LogP contribution in [-0.4, -0.2) is 41.5 Å². The molecule has 20 heavy (non-hydrogen) atoms. The van der Waals surface area contributed by atoms with E-state index in [2.05, 4.69) is 18.2 Å². The highest BCUT2D eigenvalue weighted by Crippen LogP contribution is 2.11. The van der Waals surface area contributed by atoms with Crippen LogP contribution >= 0.6 is 0 Å². The fourth-order valence-electron chi connectivity index (χ4n) is 1.33. The summed E-state index contributed by atoms with van der Waals surface area (Å²) in [4.78, 5) is 38.8. The number of amides is 2. The van der Waals surface area contributed by atoms with E-state index in [9.17, 15) is 14.4 Å². The highest BCUT2D eigenvalue weighted by atomic mass is 16.6. The third-order valence-electron chi connectivity index (χ3n) is 2.15. The van der Waals surface area contributed by atoms with Crippen LogP contribution in [0.5, 0.6) is 0 Å². The Labute approximate surface area is 117 Å². The van der Waals surface area contributed by atoms with Gasteiger partial charge in [-0.25, -0.2) is 19.4 Å². The van der Waals surface area contributed by atoms with Gasteiger partial charge in [0.05, 0.1) is 0 Å². The van der Waals surface area contributed by atoms with Gasteiger partial charge in [-0.1, -0.05) is 13.2 Å². The number of hydrogen-bond donors (Lipinski definition) is 0. The first kappa shape index (κ1) is 17.6. The van der Waals surface area contributed by atoms with E-state index in [1.807, 2.05) is 0 Å². The van der Waals surface area contributed by atoms with Gasteiger partial charge >= 0.3 is 18.0 Å². The summed E-state index contributed by atoms with van der Waals surface area (Å²) < 4.78 is 9.85. The number of ether oxygens (including phenoxy) is 2. The van der Waals surface area contributed by atoms with Crippen molar-refractivity contribution < 1.29 is 23.9 Å². The molecule has 0 aromatic heterocycles. The number of carbonyl (C=O) groups excluding carboxylic acids is 3. The third-order valence-corrected chi connectivity index (χ3v) is 2.15. The summed E-state index contributed by atoms with van der Waals surface area (Å²) in [7, 11) is 0. The van der Waals surface area contributed by atoms with E-state index in [1.54, 1.807) is 6.92 Å².